The summed E-state index contributed by atoms with van der Waals surface area (Å²) >= 11 is 0. The number of H-pyrrole nitrogens is 1. The van der Waals surface area contributed by atoms with Crippen LogP contribution in [0.4, 0.5) is 0 Å². The van der Waals surface area contributed by atoms with Crippen LogP contribution in [0.2, 0.25) is 0 Å². The summed E-state index contributed by atoms with van der Waals surface area (Å²) in [5, 5.41) is 16.8. The maximum Gasteiger partial charge on any atom is 0.117 e. The maximum atomic E-state index is 8.48. The molecular formula is C8H8N4. The van der Waals surface area contributed by atoms with Crippen molar-refractivity contribution in [1.29, 1.82) is 10.5 Å². The normalized spacial score (nSPS) is 11.6. The van der Waals surface area contributed by atoms with Crippen molar-refractivity contribution in [2.45, 2.75) is 12.5 Å². The van der Waals surface area contributed by atoms with Crippen LogP contribution in [0.5, 0.6) is 0 Å². The number of aromatic amines is 1. The molecule has 0 aromatic carbocycles. The van der Waals surface area contributed by atoms with Crippen molar-refractivity contribution in [2.24, 2.45) is 5.73 Å². The Hall–Kier alpha value is -1.78. The zero-order valence-corrected chi connectivity index (χ0v) is 6.41. The summed E-state index contributed by atoms with van der Waals surface area (Å²) in [7, 11) is 0. The Morgan fingerprint density at radius 3 is 2.83 bits per heavy atom. The highest BCUT2D eigenvalue weighted by atomic mass is 14.7. The smallest absolute Gasteiger partial charge is 0.117 e. The summed E-state index contributed by atoms with van der Waals surface area (Å²) in [5.74, 6) is 0. The summed E-state index contributed by atoms with van der Waals surface area (Å²) in [5.41, 5.74) is 6.89. The predicted octanol–water partition coefficient (Wildman–Crippen LogP) is 0.800. The Bertz CT molecular complexity index is 339. The third kappa shape index (κ3) is 1.63. The second-order valence-electron chi connectivity index (χ2n) is 2.43. The lowest BCUT2D eigenvalue weighted by molar-refractivity contribution is 0.750. The molecule has 0 radical (unpaired) electrons. The zero-order valence-electron chi connectivity index (χ0n) is 6.41. The highest BCUT2D eigenvalue weighted by molar-refractivity contribution is 5.28. The van der Waals surface area contributed by atoms with Gasteiger partial charge in [-0.25, -0.2) is 0 Å². The van der Waals surface area contributed by atoms with Gasteiger partial charge in [-0.05, 0) is 11.6 Å². The minimum atomic E-state index is -0.298. The quantitative estimate of drug-likeness (QED) is 0.670. The van der Waals surface area contributed by atoms with Crippen molar-refractivity contribution in [3.05, 3.63) is 23.5 Å². The number of nitrogens with one attached hydrogen (secondary N) is 1. The van der Waals surface area contributed by atoms with Gasteiger partial charge in [-0.1, -0.05) is 0 Å². The van der Waals surface area contributed by atoms with Gasteiger partial charge in [-0.15, -0.1) is 0 Å². The van der Waals surface area contributed by atoms with E-state index in [1.807, 2.05) is 12.1 Å². The average Bonchev–Trinajstić information content (AvgIpc) is 2.52. The van der Waals surface area contributed by atoms with Crippen LogP contribution in [0.25, 0.3) is 0 Å². The van der Waals surface area contributed by atoms with Gasteiger partial charge in [0, 0.05) is 12.2 Å². The molecule has 4 nitrogen and oxygen atoms in total. The first kappa shape index (κ1) is 8.32. The Labute approximate surface area is 70.2 Å². The van der Waals surface area contributed by atoms with Crippen LogP contribution in [-0.2, 0) is 0 Å². The number of nitriles is 2. The monoisotopic (exact) mass is 160 g/mol. The molecule has 1 aromatic heterocycles. The fourth-order valence-corrected chi connectivity index (χ4v) is 0.906. The van der Waals surface area contributed by atoms with Gasteiger partial charge in [0.05, 0.1) is 12.5 Å². The Balaban J connectivity index is 2.77. The summed E-state index contributed by atoms with van der Waals surface area (Å²) in [6.07, 6.45) is 1.92. The molecule has 0 aliphatic rings. The summed E-state index contributed by atoms with van der Waals surface area (Å²) < 4.78 is 0. The Morgan fingerprint density at radius 2 is 2.33 bits per heavy atom. The van der Waals surface area contributed by atoms with Gasteiger partial charge in [0.25, 0.3) is 0 Å². The van der Waals surface area contributed by atoms with E-state index in [2.05, 4.69) is 4.98 Å². The standard InChI is InChI=1S/C8H8N4/c9-2-1-8(11)6-3-7(4-10)12-5-6/h3,5,8,12H,1,11H2/t8-/m0/s1. The second-order valence-corrected chi connectivity index (χ2v) is 2.43. The minimum Gasteiger partial charge on any atom is -0.353 e. The summed E-state index contributed by atoms with van der Waals surface area (Å²) in [6, 6.07) is 5.28. The molecule has 1 heterocycles. The molecule has 0 saturated heterocycles. The van der Waals surface area contributed by atoms with E-state index < -0.39 is 0 Å². The number of nitrogens with zero attached hydrogens (tertiary/aromatic N) is 2. The number of rotatable bonds is 2. The van der Waals surface area contributed by atoms with E-state index in [0.717, 1.165) is 5.56 Å². The highest BCUT2D eigenvalue weighted by Crippen LogP contribution is 2.13. The van der Waals surface area contributed by atoms with Crippen molar-refractivity contribution < 1.29 is 0 Å². The summed E-state index contributed by atoms with van der Waals surface area (Å²) in [6.45, 7) is 0. The summed E-state index contributed by atoms with van der Waals surface area (Å²) in [4.78, 5) is 2.74. The topological polar surface area (TPSA) is 89.4 Å². The van der Waals surface area contributed by atoms with Crippen molar-refractivity contribution >= 4 is 0 Å². The molecule has 0 spiro atoms. The molecule has 3 N–H and O–H groups in total. The van der Waals surface area contributed by atoms with Gasteiger partial charge in [0.15, 0.2) is 0 Å². The lowest BCUT2D eigenvalue weighted by atomic mass is 10.1. The number of aromatic nitrogens is 1. The van der Waals surface area contributed by atoms with Crippen LogP contribution in [0.3, 0.4) is 0 Å². The molecule has 0 unspecified atom stereocenters. The van der Waals surface area contributed by atoms with Crippen molar-refractivity contribution in [1.82, 2.24) is 4.98 Å². The molecule has 1 rings (SSSR count). The van der Waals surface area contributed by atoms with Crippen LogP contribution in [-0.4, -0.2) is 4.98 Å². The first-order valence-corrected chi connectivity index (χ1v) is 3.49. The van der Waals surface area contributed by atoms with Crippen LogP contribution in [0.1, 0.15) is 23.7 Å². The average molecular weight is 160 g/mol. The van der Waals surface area contributed by atoms with Crippen LogP contribution in [0, 0.1) is 22.7 Å². The zero-order chi connectivity index (χ0) is 8.97. The molecule has 0 amide bonds. The first-order chi connectivity index (χ1) is 5.77. The van der Waals surface area contributed by atoms with Gasteiger partial charge in [-0.3, -0.25) is 0 Å². The number of hydrogen-bond donors (Lipinski definition) is 2. The predicted molar refractivity (Wildman–Crippen MR) is 42.7 cm³/mol. The lowest BCUT2D eigenvalue weighted by Gasteiger charge is -2.01. The number of nitrogens with two attached hydrogens (primary N) is 1. The third-order valence-electron chi connectivity index (χ3n) is 1.57. The molecule has 1 aromatic rings. The molecule has 0 saturated carbocycles. The molecule has 60 valence electrons. The van der Waals surface area contributed by atoms with E-state index >= 15 is 0 Å². The third-order valence-corrected chi connectivity index (χ3v) is 1.57. The molecule has 0 aliphatic heterocycles. The fraction of sp³-hybridized carbons (Fsp3) is 0.250. The van der Waals surface area contributed by atoms with Crippen LogP contribution >= 0.6 is 0 Å². The van der Waals surface area contributed by atoms with E-state index in [1.54, 1.807) is 12.3 Å². The van der Waals surface area contributed by atoms with Gasteiger partial charge in [-0.2, -0.15) is 10.5 Å². The lowest BCUT2D eigenvalue weighted by Crippen LogP contribution is -2.07. The van der Waals surface area contributed by atoms with Crippen LogP contribution < -0.4 is 5.73 Å². The van der Waals surface area contributed by atoms with Gasteiger partial charge in [0.1, 0.15) is 11.8 Å². The maximum absolute atomic E-state index is 8.48. The van der Waals surface area contributed by atoms with Crippen molar-refractivity contribution in [2.75, 3.05) is 0 Å². The molecule has 0 aliphatic carbocycles. The highest BCUT2D eigenvalue weighted by Gasteiger charge is 2.06. The first-order valence-electron chi connectivity index (χ1n) is 3.49. The van der Waals surface area contributed by atoms with E-state index in [1.165, 1.54) is 0 Å². The van der Waals surface area contributed by atoms with Crippen molar-refractivity contribution in [3.63, 3.8) is 0 Å². The SMILES string of the molecule is N#CC[C@H](N)c1c[nH]c(C#N)c1. The molecule has 1 atom stereocenters. The minimum absolute atomic E-state index is 0.267. The molecular weight excluding hydrogens is 152 g/mol. The molecule has 0 fully saturated rings. The van der Waals surface area contributed by atoms with Gasteiger partial charge < -0.3 is 10.7 Å². The van der Waals surface area contributed by atoms with Gasteiger partial charge in [0.2, 0.25) is 0 Å². The molecule has 4 heteroatoms. The van der Waals surface area contributed by atoms with E-state index in [0.29, 0.717) is 5.69 Å². The second kappa shape index (κ2) is 3.56. The van der Waals surface area contributed by atoms with Crippen molar-refractivity contribution in [3.8, 4) is 12.1 Å². The fourth-order valence-electron chi connectivity index (χ4n) is 0.906. The van der Waals surface area contributed by atoms with E-state index in [4.69, 9.17) is 16.3 Å². The Morgan fingerprint density at radius 1 is 1.58 bits per heavy atom. The van der Waals surface area contributed by atoms with E-state index in [-0.39, 0.29) is 12.5 Å². The van der Waals surface area contributed by atoms with Crippen LogP contribution in [0.15, 0.2) is 12.3 Å². The molecule has 0 bridgehead atoms. The molecule has 12 heavy (non-hydrogen) atoms. The largest absolute Gasteiger partial charge is 0.353 e. The van der Waals surface area contributed by atoms with Gasteiger partial charge >= 0.3 is 0 Å². The number of hydrogen-bond acceptors (Lipinski definition) is 3. The van der Waals surface area contributed by atoms with E-state index in [9.17, 15) is 0 Å². The Kier molecular flexibility index (Phi) is 2.47.